The third-order valence-corrected chi connectivity index (χ3v) is 5.04. The summed E-state index contributed by atoms with van der Waals surface area (Å²) in [5.74, 6) is 0.962. The molecule has 0 spiro atoms. The molecule has 27 heavy (non-hydrogen) atoms. The van der Waals surface area contributed by atoms with Crippen molar-refractivity contribution in [3.8, 4) is 5.75 Å². The van der Waals surface area contributed by atoms with Gasteiger partial charge in [-0.25, -0.2) is 0 Å². The lowest BCUT2D eigenvalue weighted by atomic mass is 10.1. The molecule has 3 rings (SSSR count). The van der Waals surface area contributed by atoms with E-state index in [1.807, 2.05) is 24.3 Å². The van der Waals surface area contributed by atoms with Crippen LogP contribution < -0.4 is 15.0 Å². The van der Waals surface area contributed by atoms with Gasteiger partial charge in [-0.1, -0.05) is 30.3 Å². The Morgan fingerprint density at radius 2 is 1.70 bits per heavy atom. The van der Waals surface area contributed by atoms with Crippen LogP contribution >= 0.6 is 0 Å². The fraction of sp³-hybridized carbons (Fsp3) is 0.409. The number of anilines is 1. The molecule has 1 aliphatic rings. The van der Waals surface area contributed by atoms with E-state index >= 15 is 0 Å². The van der Waals surface area contributed by atoms with Crippen LogP contribution in [0.1, 0.15) is 12.0 Å². The minimum Gasteiger partial charge on any atom is -0.497 e. The average Bonchev–Trinajstić information content (AvgIpc) is 2.74. The number of aryl methyl sites for hydroxylation is 1. The van der Waals surface area contributed by atoms with Crippen LogP contribution in [-0.4, -0.2) is 57.2 Å². The number of carbonyl (C=O) groups excluding carboxylic acids is 1. The quantitative estimate of drug-likeness (QED) is 0.779. The highest BCUT2D eigenvalue weighted by Gasteiger charge is 2.16. The summed E-state index contributed by atoms with van der Waals surface area (Å²) < 4.78 is 5.15. The molecule has 0 aliphatic carbocycles. The number of hydrogen-bond acceptors (Lipinski definition) is 4. The molecule has 5 heteroatoms. The summed E-state index contributed by atoms with van der Waals surface area (Å²) in [6.07, 6.45) is 1.28. The fourth-order valence-corrected chi connectivity index (χ4v) is 3.36. The second kappa shape index (κ2) is 9.97. The fourth-order valence-electron chi connectivity index (χ4n) is 3.36. The Bertz CT molecular complexity index is 695. The van der Waals surface area contributed by atoms with E-state index < -0.39 is 0 Å². The maximum Gasteiger partial charge on any atom is 0.220 e. The summed E-state index contributed by atoms with van der Waals surface area (Å²) >= 11 is 0. The van der Waals surface area contributed by atoms with Crippen LogP contribution in [0.3, 0.4) is 0 Å². The van der Waals surface area contributed by atoms with Crippen LogP contribution in [0, 0.1) is 0 Å². The van der Waals surface area contributed by atoms with Gasteiger partial charge in [0, 0.05) is 51.4 Å². The lowest BCUT2D eigenvalue weighted by Gasteiger charge is -2.36. The molecule has 0 radical (unpaired) electrons. The maximum absolute atomic E-state index is 12.1. The molecule has 1 amide bonds. The average molecular weight is 367 g/mol. The molecule has 2 aromatic carbocycles. The molecule has 0 aromatic heterocycles. The van der Waals surface area contributed by atoms with Gasteiger partial charge < -0.3 is 15.0 Å². The van der Waals surface area contributed by atoms with E-state index in [0.29, 0.717) is 13.0 Å². The van der Waals surface area contributed by atoms with E-state index in [9.17, 15) is 4.79 Å². The normalized spacial score (nSPS) is 14.8. The maximum atomic E-state index is 12.1. The van der Waals surface area contributed by atoms with Gasteiger partial charge in [0.15, 0.2) is 0 Å². The van der Waals surface area contributed by atoms with Crippen LogP contribution in [0.25, 0.3) is 0 Å². The first-order chi connectivity index (χ1) is 13.2. The molecule has 144 valence electrons. The van der Waals surface area contributed by atoms with Gasteiger partial charge in [-0.15, -0.1) is 0 Å². The van der Waals surface area contributed by atoms with Gasteiger partial charge >= 0.3 is 0 Å². The Kier molecular flexibility index (Phi) is 7.11. The van der Waals surface area contributed by atoms with Gasteiger partial charge in [-0.3, -0.25) is 9.69 Å². The summed E-state index contributed by atoms with van der Waals surface area (Å²) in [6, 6.07) is 18.4. The molecule has 0 atom stereocenters. The SMILES string of the molecule is COc1ccc(CCC(=O)NCCN2CCN(c3ccccc3)CC2)cc1. The Labute approximate surface area is 161 Å². The van der Waals surface area contributed by atoms with Crippen molar-refractivity contribution in [2.75, 3.05) is 51.3 Å². The monoisotopic (exact) mass is 367 g/mol. The summed E-state index contributed by atoms with van der Waals surface area (Å²) in [5, 5.41) is 3.05. The highest BCUT2D eigenvalue weighted by atomic mass is 16.5. The van der Waals surface area contributed by atoms with Gasteiger partial charge in [0.2, 0.25) is 5.91 Å². The minimum absolute atomic E-state index is 0.119. The molecule has 1 aliphatic heterocycles. The number of methoxy groups -OCH3 is 1. The van der Waals surface area contributed by atoms with Crippen molar-refractivity contribution in [2.45, 2.75) is 12.8 Å². The molecule has 5 nitrogen and oxygen atoms in total. The van der Waals surface area contributed by atoms with Crippen LogP contribution in [0.4, 0.5) is 5.69 Å². The van der Waals surface area contributed by atoms with Crippen molar-refractivity contribution in [3.05, 3.63) is 60.2 Å². The van der Waals surface area contributed by atoms with Crippen molar-refractivity contribution in [3.63, 3.8) is 0 Å². The standard InChI is InChI=1S/C22H29N3O2/c1-27-21-10-7-19(8-11-21)9-12-22(26)23-13-14-24-15-17-25(18-16-24)20-5-3-2-4-6-20/h2-8,10-11H,9,12-18H2,1H3,(H,23,26). The van der Waals surface area contributed by atoms with E-state index in [1.165, 1.54) is 5.69 Å². The summed E-state index contributed by atoms with van der Waals surface area (Å²) in [7, 11) is 1.66. The predicted molar refractivity (Wildman–Crippen MR) is 109 cm³/mol. The molecular formula is C22H29N3O2. The number of ether oxygens (including phenoxy) is 1. The number of benzene rings is 2. The van der Waals surface area contributed by atoms with E-state index in [1.54, 1.807) is 7.11 Å². The second-order valence-electron chi connectivity index (χ2n) is 6.86. The zero-order chi connectivity index (χ0) is 18.9. The van der Waals surface area contributed by atoms with Crippen molar-refractivity contribution < 1.29 is 9.53 Å². The lowest BCUT2D eigenvalue weighted by molar-refractivity contribution is -0.121. The molecule has 0 saturated carbocycles. The van der Waals surface area contributed by atoms with Gasteiger partial charge in [0.1, 0.15) is 5.75 Å². The highest BCUT2D eigenvalue weighted by molar-refractivity contribution is 5.76. The van der Waals surface area contributed by atoms with Gasteiger partial charge in [-0.2, -0.15) is 0 Å². The first kappa shape index (κ1) is 19.2. The van der Waals surface area contributed by atoms with Crippen molar-refractivity contribution in [1.29, 1.82) is 0 Å². The zero-order valence-corrected chi connectivity index (χ0v) is 16.1. The molecule has 0 bridgehead atoms. The van der Waals surface area contributed by atoms with Crippen molar-refractivity contribution in [1.82, 2.24) is 10.2 Å². The largest absolute Gasteiger partial charge is 0.497 e. The van der Waals surface area contributed by atoms with Crippen LogP contribution in [0.15, 0.2) is 54.6 Å². The highest BCUT2D eigenvalue weighted by Crippen LogP contribution is 2.15. The number of amides is 1. The van der Waals surface area contributed by atoms with Crippen molar-refractivity contribution in [2.24, 2.45) is 0 Å². The van der Waals surface area contributed by atoms with Crippen LogP contribution in [0.5, 0.6) is 5.75 Å². The van der Waals surface area contributed by atoms with Gasteiger partial charge in [0.05, 0.1) is 7.11 Å². The Morgan fingerprint density at radius 3 is 2.37 bits per heavy atom. The Hall–Kier alpha value is -2.53. The molecular weight excluding hydrogens is 338 g/mol. The lowest BCUT2D eigenvalue weighted by Crippen LogP contribution is -2.48. The number of carbonyl (C=O) groups is 1. The molecule has 0 unspecified atom stereocenters. The Morgan fingerprint density at radius 1 is 1.00 bits per heavy atom. The molecule has 2 aromatic rings. The van der Waals surface area contributed by atoms with Gasteiger partial charge in [0.25, 0.3) is 0 Å². The smallest absolute Gasteiger partial charge is 0.220 e. The van der Waals surface area contributed by atoms with Crippen molar-refractivity contribution >= 4 is 11.6 Å². The van der Waals surface area contributed by atoms with Gasteiger partial charge in [-0.05, 0) is 36.2 Å². The number of piperazine rings is 1. The summed E-state index contributed by atoms with van der Waals surface area (Å²) in [4.78, 5) is 16.9. The molecule has 1 heterocycles. The Balaban J connectivity index is 1.30. The number of rotatable bonds is 8. The minimum atomic E-state index is 0.119. The van der Waals surface area contributed by atoms with E-state index in [-0.39, 0.29) is 5.91 Å². The second-order valence-corrected chi connectivity index (χ2v) is 6.86. The molecule has 1 N–H and O–H groups in total. The third-order valence-electron chi connectivity index (χ3n) is 5.04. The number of para-hydroxylation sites is 1. The molecule has 1 saturated heterocycles. The first-order valence-corrected chi connectivity index (χ1v) is 9.66. The number of nitrogens with zero attached hydrogens (tertiary/aromatic N) is 2. The van der Waals surface area contributed by atoms with E-state index in [2.05, 4.69) is 45.4 Å². The van der Waals surface area contributed by atoms with Crippen LogP contribution in [-0.2, 0) is 11.2 Å². The predicted octanol–water partition coefficient (Wildman–Crippen LogP) is 2.57. The summed E-state index contributed by atoms with van der Waals surface area (Å²) in [5.41, 5.74) is 2.45. The molecule has 1 fully saturated rings. The van der Waals surface area contributed by atoms with Crippen LogP contribution in [0.2, 0.25) is 0 Å². The number of nitrogens with one attached hydrogen (secondary N) is 1. The number of hydrogen-bond donors (Lipinski definition) is 1. The zero-order valence-electron chi connectivity index (χ0n) is 16.1. The van der Waals surface area contributed by atoms with E-state index in [4.69, 9.17) is 4.74 Å². The topological polar surface area (TPSA) is 44.8 Å². The summed E-state index contributed by atoms with van der Waals surface area (Å²) in [6.45, 7) is 5.78. The third kappa shape index (κ3) is 6.00. The van der Waals surface area contributed by atoms with E-state index in [0.717, 1.165) is 50.5 Å². The first-order valence-electron chi connectivity index (χ1n) is 9.66.